The average Bonchev–Trinajstić information content (AvgIpc) is 3.60. The van der Waals surface area contributed by atoms with E-state index >= 15 is 0 Å². The zero-order valence-corrected chi connectivity index (χ0v) is 21.5. The van der Waals surface area contributed by atoms with Gasteiger partial charge in [0.2, 0.25) is 11.8 Å². The summed E-state index contributed by atoms with van der Waals surface area (Å²) < 4.78 is 0. The van der Waals surface area contributed by atoms with E-state index in [1.165, 1.54) is 9.80 Å². The fraction of sp³-hybridized carbons (Fsp3) is 0.345. The zero-order chi connectivity index (χ0) is 27.2. The summed E-state index contributed by atoms with van der Waals surface area (Å²) >= 11 is 0. The van der Waals surface area contributed by atoms with Crippen LogP contribution in [0.5, 0.6) is 0 Å². The lowest BCUT2D eigenvalue weighted by Crippen LogP contribution is -2.52. The Morgan fingerprint density at radius 1 is 1.18 bits per heavy atom. The molecular weight excluding hydrogens is 480 g/mol. The summed E-state index contributed by atoms with van der Waals surface area (Å²) in [5.74, 6) is -0.885. The topological polar surface area (TPSA) is 133 Å². The van der Waals surface area contributed by atoms with Gasteiger partial charge in [0.25, 0.3) is 5.91 Å². The molecule has 5 rings (SSSR count). The first-order valence-electron chi connectivity index (χ1n) is 12.6. The van der Waals surface area contributed by atoms with Crippen molar-refractivity contribution in [3.63, 3.8) is 0 Å². The van der Waals surface area contributed by atoms with Crippen LogP contribution in [0.2, 0.25) is 0 Å². The molecule has 3 heterocycles. The van der Waals surface area contributed by atoms with Gasteiger partial charge in [0.1, 0.15) is 17.8 Å². The number of amides is 3. The van der Waals surface area contributed by atoms with E-state index in [0.29, 0.717) is 28.6 Å². The first-order valence-corrected chi connectivity index (χ1v) is 12.6. The van der Waals surface area contributed by atoms with Gasteiger partial charge in [-0.3, -0.25) is 14.4 Å². The third-order valence-electron chi connectivity index (χ3n) is 7.70. The van der Waals surface area contributed by atoms with Gasteiger partial charge in [0.05, 0.1) is 23.1 Å². The van der Waals surface area contributed by atoms with Gasteiger partial charge >= 0.3 is 0 Å². The number of likely N-dealkylation sites (N-methyl/N-ethyl adjacent to an activating group) is 1. The first-order chi connectivity index (χ1) is 18.2. The maximum absolute atomic E-state index is 14.1. The fourth-order valence-electron chi connectivity index (χ4n) is 5.75. The molecule has 192 valence electrons. The molecule has 3 atom stereocenters. The molecule has 2 aromatic carbocycles. The van der Waals surface area contributed by atoms with Gasteiger partial charge in [-0.25, -0.2) is 0 Å². The summed E-state index contributed by atoms with van der Waals surface area (Å²) in [7, 11) is 1.58. The Morgan fingerprint density at radius 2 is 1.95 bits per heavy atom. The number of aromatic amines is 1. The highest BCUT2D eigenvalue weighted by atomic mass is 16.2. The number of fused-ring (bicyclic) bond motifs is 3. The predicted molar refractivity (Wildman–Crippen MR) is 141 cm³/mol. The van der Waals surface area contributed by atoms with Crippen LogP contribution < -0.4 is 5.32 Å². The number of para-hydroxylation sites is 1. The van der Waals surface area contributed by atoms with Crippen molar-refractivity contribution < 1.29 is 14.4 Å². The number of hydrogen-bond acceptors (Lipinski definition) is 5. The number of carbonyl (C=O) groups excluding carboxylic acids is 3. The number of carbonyl (C=O) groups is 3. The van der Waals surface area contributed by atoms with Crippen molar-refractivity contribution in [3.8, 4) is 12.1 Å². The molecule has 3 amide bonds. The minimum absolute atomic E-state index is 0.0709. The molecule has 9 heteroatoms. The van der Waals surface area contributed by atoms with E-state index in [9.17, 15) is 24.9 Å². The van der Waals surface area contributed by atoms with Crippen LogP contribution in [0, 0.1) is 28.6 Å². The van der Waals surface area contributed by atoms with Crippen LogP contribution in [0.3, 0.4) is 0 Å². The number of anilines is 1. The van der Waals surface area contributed by atoms with Crippen LogP contribution >= 0.6 is 0 Å². The van der Waals surface area contributed by atoms with Crippen molar-refractivity contribution in [1.29, 1.82) is 10.5 Å². The van der Waals surface area contributed by atoms with Crippen molar-refractivity contribution in [2.45, 2.75) is 44.2 Å². The summed E-state index contributed by atoms with van der Waals surface area (Å²) in [6.45, 7) is 4.00. The Morgan fingerprint density at radius 3 is 2.66 bits per heavy atom. The van der Waals surface area contributed by atoms with Crippen molar-refractivity contribution in [3.05, 3.63) is 65.4 Å². The highest BCUT2D eigenvalue weighted by Crippen LogP contribution is 2.46. The van der Waals surface area contributed by atoms with Crippen LogP contribution in [0.1, 0.15) is 48.3 Å². The van der Waals surface area contributed by atoms with Gasteiger partial charge < -0.3 is 20.1 Å². The molecule has 1 saturated heterocycles. The summed E-state index contributed by atoms with van der Waals surface area (Å²) in [5, 5.41) is 23.0. The summed E-state index contributed by atoms with van der Waals surface area (Å²) in [4.78, 5) is 46.7. The minimum atomic E-state index is -0.998. The van der Waals surface area contributed by atoms with E-state index < -0.39 is 23.4 Å². The third-order valence-corrected chi connectivity index (χ3v) is 7.70. The Hall–Kier alpha value is -4.63. The van der Waals surface area contributed by atoms with Crippen LogP contribution in [0.25, 0.3) is 10.9 Å². The van der Waals surface area contributed by atoms with Gasteiger partial charge in [-0.2, -0.15) is 10.5 Å². The second-order valence-corrected chi connectivity index (χ2v) is 10.5. The molecule has 1 fully saturated rings. The molecule has 2 aliphatic rings. The number of nitrogens with one attached hydrogen (secondary N) is 2. The quantitative estimate of drug-likeness (QED) is 0.544. The molecule has 38 heavy (non-hydrogen) atoms. The second-order valence-electron chi connectivity index (χ2n) is 10.5. The molecule has 1 spiro atoms. The van der Waals surface area contributed by atoms with E-state index in [2.05, 4.69) is 22.4 Å². The van der Waals surface area contributed by atoms with Gasteiger partial charge in [0, 0.05) is 36.6 Å². The average molecular weight is 509 g/mol. The number of H-pyrrole nitrogens is 1. The Labute approximate surface area is 220 Å². The van der Waals surface area contributed by atoms with Gasteiger partial charge in [-0.15, -0.1) is 0 Å². The van der Waals surface area contributed by atoms with Crippen molar-refractivity contribution >= 4 is 34.3 Å². The smallest absolute Gasteiger partial charge is 0.270 e. The lowest BCUT2D eigenvalue weighted by Gasteiger charge is -2.33. The second kappa shape index (κ2) is 9.35. The highest BCUT2D eigenvalue weighted by Gasteiger charge is 2.56. The minimum Gasteiger partial charge on any atom is -0.350 e. The van der Waals surface area contributed by atoms with Crippen molar-refractivity contribution in [2.24, 2.45) is 5.92 Å². The van der Waals surface area contributed by atoms with Crippen LogP contribution in [0.4, 0.5) is 5.69 Å². The number of hydrogen-bond donors (Lipinski definition) is 2. The van der Waals surface area contributed by atoms with Crippen LogP contribution in [-0.4, -0.2) is 58.2 Å². The standard InChI is InChI=1S/C29H28N6O3/c1-17(2)11-25(34(3)26(36)24-12-20-18(14-30)7-6-10-22(20)32-24)27(37)35-16-29(13-19(35)15-31)21-8-4-5-9-23(21)33-28(29)38/h4-10,12,17,19,25,32H,11,13,16H2,1-3H3,(H,33,38)/t19-,25-,29-/m0/s1. The maximum atomic E-state index is 14.1. The summed E-state index contributed by atoms with van der Waals surface area (Å²) in [6, 6.07) is 16.9. The maximum Gasteiger partial charge on any atom is 0.270 e. The third kappa shape index (κ3) is 3.88. The highest BCUT2D eigenvalue weighted by molar-refractivity contribution is 6.07. The Kier molecular flexibility index (Phi) is 6.16. The number of likely N-dealkylation sites (tertiary alicyclic amines) is 1. The van der Waals surface area contributed by atoms with Crippen LogP contribution in [-0.2, 0) is 15.0 Å². The molecule has 2 N–H and O–H groups in total. The van der Waals surface area contributed by atoms with E-state index in [1.54, 1.807) is 31.3 Å². The molecule has 0 saturated carbocycles. The van der Waals surface area contributed by atoms with E-state index in [-0.39, 0.29) is 36.4 Å². The zero-order valence-electron chi connectivity index (χ0n) is 21.5. The van der Waals surface area contributed by atoms with Crippen molar-refractivity contribution in [2.75, 3.05) is 18.9 Å². The Bertz CT molecular complexity index is 1540. The van der Waals surface area contributed by atoms with Crippen LogP contribution in [0.15, 0.2) is 48.5 Å². The molecule has 2 aliphatic heterocycles. The number of benzene rings is 2. The molecule has 1 aromatic heterocycles. The van der Waals surface area contributed by atoms with Gasteiger partial charge in [-0.1, -0.05) is 38.1 Å². The number of aromatic nitrogens is 1. The number of nitrogens with zero attached hydrogens (tertiary/aromatic N) is 4. The molecule has 9 nitrogen and oxygen atoms in total. The predicted octanol–water partition coefficient (Wildman–Crippen LogP) is 3.54. The summed E-state index contributed by atoms with van der Waals surface area (Å²) in [5.41, 5.74) is 1.86. The molecule has 0 aliphatic carbocycles. The molecule has 0 bridgehead atoms. The van der Waals surface area contributed by atoms with E-state index in [1.807, 2.05) is 38.1 Å². The van der Waals surface area contributed by atoms with Crippen molar-refractivity contribution in [1.82, 2.24) is 14.8 Å². The fourth-order valence-corrected chi connectivity index (χ4v) is 5.75. The van der Waals surface area contributed by atoms with E-state index in [4.69, 9.17) is 0 Å². The first kappa shape index (κ1) is 25.0. The normalized spacial score (nSPS) is 20.7. The summed E-state index contributed by atoms with van der Waals surface area (Å²) in [6.07, 6.45) is 0.582. The van der Waals surface area contributed by atoms with E-state index in [0.717, 1.165) is 5.56 Å². The molecule has 0 radical (unpaired) electrons. The number of nitriles is 2. The lowest BCUT2D eigenvalue weighted by atomic mass is 9.80. The Balaban J connectivity index is 1.47. The molecular formula is C29H28N6O3. The number of rotatable bonds is 5. The molecule has 3 aromatic rings. The largest absolute Gasteiger partial charge is 0.350 e. The molecule has 0 unspecified atom stereocenters. The van der Waals surface area contributed by atoms with Gasteiger partial charge in [0.15, 0.2) is 0 Å². The lowest BCUT2D eigenvalue weighted by molar-refractivity contribution is -0.136. The SMILES string of the molecule is CC(C)C[C@@H](C(=O)N1C[C@]2(C[C@H]1C#N)C(=O)Nc1ccccc12)N(C)C(=O)c1cc2c(C#N)cccc2[nH]1. The van der Waals surface area contributed by atoms with Gasteiger partial charge in [-0.05, 0) is 42.2 Å². The monoisotopic (exact) mass is 508 g/mol.